The maximum atomic E-state index is 13.2. The minimum atomic E-state index is -0.562. The van der Waals surface area contributed by atoms with Gasteiger partial charge in [-0.05, 0) is 83.7 Å². The Hall–Kier alpha value is -1.79. The molecule has 0 aliphatic heterocycles. The number of nitrogens with zero attached hydrogens (tertiary/aromatic N) is 2. The number of hydrogen-bond acceptors (Lipinski definition) is 4. The fourth-order valence-corrected chi connectivity index (χ4v) is 3.82. The van der Waals surface area contributed by atoms with Crippen LogP contribution < -0.4 is 0 Å². The van der Waals surface area contributed by atoms with Gasteiger partial charge in [-0.3, -0.25) is 0 Å². The number of carbonyl (C=O) groups is 1. The molecule has 0 bridgehead atoms. The topological polar surface area (TPSA) is 41.9 Å². The van der Waals surface area contributed by atoms with E-state index in [1.54, 1.807) is 16.8 Å². The fourth-order valence-electron chi connectivity index (χ4n) is 2.98. The molecule has 0 heterocycles. The molecule has 32 heavy (non-hydrogen) atoms. The Balaban J connectivity index is 2.31. The van der Waals surface area contributed by atoms with E-state index in [4.69, 9.17) is 9.13 Å². The lowest BCUT2D eigenvalue weighted by Gasteiger charge is -2.32. The van der Waals surface area contributed by atoms with Gasteiger partial charge in [0.1, 0.15) is 5.60 Å². The first-order valence-electron chi connectivity index (χ1n) is 10.9. The Morgan fingerprint density at radius 2 is 1.62 bits per heavy atom. The Morgan fingerprint density at radius 3 is 2.16 bits per heavy atom. The summed E-state index contributed by atoms with van der Waals surface area (Å²) in [6, 6.07) is 18.1. The predicted molar refractivity (Wildman–Crippen MR) is 140 cm³/mol. The lowest BCUT2D eigenvalue weighted by Crippen LogP contribution is -2.39. The van der Waals surface area contributed by atoms with Gasteiger partial charge in [-0.25, -0.2) is 9.19 Å². The maximum absolute atomic E-state index is 13.2. The van der Waals surface area contributed by atoms with Crippen LogP contribution in [-0.4, -0.2) is 33.6 Å². The molecule has 0 saturated heterocycles. The minimum Gasteiger partial charge on any atom is -0.444 e. The van der Waals surface area contributed by atoms with Crippen LogP contribution >= 0.6 is 27.9 Å². The summed E-state index contributed by atoms with van der Waals surface area (Å²) >= 11 is 5.05. The Bertz CT molecular complexity index is 900. The van der Waals surface area contributed by atoms with Crippen molar-refractivity contribution in [3.8, 4) is 0 Å². The standard InChI is InChI=1S/C26H35BrN2O2S/c1-19(20-13-15-22(27)16-14-20)29(24(30)31-25(2,3)4)18-17-23(28-32-26(5,6)7)21-11-9-8-10-12-21/h8-16,19H,17-18H2,1-7H3/b28-23-/t19-/m0/s1. The summed E-state index contributed by atoms with van der Waals surface area (Å²) in [6.07, 6.45) is 0.316. The van der Waals surface area contributed by atoms with Crippen LogP contribution in [0.3, 0.4) is 0 Å². The fraction of sp³-hybridized carbons (Fsp3) is 0.462. The normalized spacial score (nSPS) is 13.6. The lowest BCUT2D eigenvalue weighted by atomic mass is 10.0. The maximum Gasteiger partial charge on any atom is 0.410 e. The molecule has 0 spiro atoms. The zero-order valence-corrected chi connectivity index (χ0v) is 22.6. The van der Waals surface area contributed by atoms with Crippen molar-refractivity contribution in [1.82, 2.24) is 4.90 Å². The second-order valence-electron chi connectivity index (χ2n) is 9.76. The summed E-state index contributed by atoms with van der Waals surface area (Å²) in [5.41, 5.74) is 2.54. The minimum absolute atomic E-state index is 0.00952. The molecule has 0 radical (unpaired) electrons. The van der Waals surface area contributed by atoms with Gasteiger partial charge in [0.25, 0.3) is 0 Å². The molecular weight excluding hydrogens is 484 g/mol. The van der Waals surface area contributed by atoms with Crippen LogP contribution in [0.25, 0.3) is 0 Å². The molecule has 2 rings (SSSR count). The van der Waals surface area contributed by atoms with Crippen LogP contribution in [0.1, 0.15) is 72.1 Å². The molecule has 2 aromatic carbocycles. The van der Waals surface area contributed by atoms with Crippen molar-refractivity contribution in [3.05, 3.63) is 70.2 Å². The largest absolute Gasteiger partial charge is 0.444 e. The average molecular weight is 520 g/mol. The van der Waals surface area contributed by atoms with E-state index in [0.717, 1.165) is 21.3 Å². The Morgan fingerprint density at radius 1 is 1.03 bits per heavy atom. The molecule has 0 saturated carbocycles. The smallest absolute Gasteiger partial charge is 0.410 e. The summed E-state index contributed by atoms with van der Waals surface area (Å²) < 4.78 is 11.6. The van der Waals surface area contributed by atoms with E-state index in [1.807, 2.05) is 70.2 Å². The quantitative estimate of drug-likeness (QED) is 0.274. The average Bonchev–Trinajstić information content (AvgIpc) is 2.69. The van der Waals surface area contributed by atoms with Crippen LogP contribution in [0.15, 0.2) is 63.5 Å². The molecule has 0 N–H and O–H groups in total. The Labute approximate surface area is 206 Å². The molecule has 4 nitrogen and oxygen atoms in total. The third kappa shape index (κ3) is 8.99. The molecule has 0 fully saturated rings. The van der Waals surface area contributed by atoms with Gasteiger partial charge in [0, 0.05) is 22.2 Å². The van der Waals surface area contributed by atoms with E-state index in [0.29, 0.717) is 13.0 Å². The number of rotatable bonds is 7. The van der Waals surface area contributed by atoms with Gasteiger partial charge < -0.3 is 9.64 Å². The monoisotopic (exact) mass is 518 g/mol. The summed E-state index contributed by atoms with van der Waals surface area (Å²) in [5, 5.41) is 0. The van der Waals surface area contributed by atoms with Crippen molar-refractivity contribution in [3.63, 3.8) is 0 Å². The highest BCUT2D eigenvalue weighted by Crippen LogP contribution is 2.28. The molecule has 6 heteroatoms. The van der Waals surface area contributed by atoms with Gasteiger partial charge in [-0.2, -0.15) is 0 Å². The van der Waals surface area contributed by atoms with E-state index in [9.17, 15) is 4.79 Å². The summed E-state index contributed by atoms with van der Waals surface area (Å²) in [7, 11) is 0. The highest BCUT2D eigenvalue weighted by Gasteiger charge is 2.27. The Kier molecular flexibility index (Phi) is 9.40. The highest BCUT2D eigenvalue weighted by atomic mass is 79.9. The number of carbonyl (C=O) groups excluding carboxylic acids is 1. The SMILES string of the molecule is C[C@@H](c1ccc(Br)cc1)N(CC/C(=N/SC(C)(C)C)c1ccccc1)C(=O)OC(C)(C)C. The second-order valence-corrected chi connectivity index (χ2v) is 12.3. The second kappa shape index (κ2) is 11.4. The van der Waals surface area contributed by atoms with Crippen molar-refractivity contribution in [2.45, 2.75) is 71.3 Å². The molecule has 1 amide bonds. The van der Waals surface area contributed by atoms with E-state index in [-0.39, 0.29) is 16.9 Å². The molecule has 174 valence electrons. The van der Waals surface area contributed by atoms with Gasteiger partial charge in [-0.15, -0.1) is 0 Å². The van der Waals surface area contributed by atoms with E-state index >= 15 is 0 Å². The molecule has 1 atom stereocenters. The summed E-state index contributed by atoms with van der Waals surface area (Å²) in [6.45, 7) is 14.7. The van der Waals surface area contributed by atoms with Crippen molar-refractivity contribution >= 4 is 39.7 Å². The third-order valence-electron chi connectivity index (χ3n) is 4.57. The van der Waals surface area contributed by atoms with Crippen LogP contribution in [-0.2, 0) is 4.74 Å². The van der Waals surface area contributed by atoms with Gasteiger partial charge >= 0.3 is 6.09 Å². The number of halogens is 1. The lowest BCUT2D eigenvalue weighted by molar-refractivity contribution is 0.0180. The number of amides is 1. The van der Waals surface area contributed by atoms with Gasteiger partial charge in [-0.1, -0.05) is 58.4 Å². The zero-order valence-electron chi connectivity index (χ0n) is 20.2. The van der Waals surface area contributed by atoms with Gasteiger partial charge in [0.2, 0.25) is 0 Å². The van der Waals surface area contributed by atoms with Crippen LogP contribution in [0.2, 0.25) is 0 Å². The van der Waals surface area contributed by atoms with Crippen molar-refractivity contribution in [1.29, 1.82) is 0 Å². The first-order valence-corrected chi connectivity index (χ1v) is 12.5. The molecule has 0 aromatic heterocycles. The van der Waals surface area contributed by atoms with E-state index in [1.165, 1.54) is 0 Å². The molecule has 0 aliphatic rings. The summed E-state index contributed by atoms with van der Waals surface area (Å²) in [5.74, 6) is 0. The van der Waals surface area contributed by atoms with Crippen LogP contribution in [0.4, 0.5) is 4.79 Å². The summed E-state index contributed by atoms with van der Waals surface area (Å²) in [4.78, 5) is 15.0. The highest BCUT2D eigenvalue weighted by molar-refractivity contribution is 9.10. The van der Waals surface area contributed by atoms with Crippen LogP contribution in [0, 0.1) is 0 Å². The number of benzene rings is 2. The van der Waals surface area contributed by atoms with Crippen molar-refractivity contribution in [2.24, 2.45) is 4.40 Å². The van der Waals surface area contributed by atoms with Crippen LogP contribution in [0.5, 0.6) is 0 Å². The van der Waals surface area contributed by atoms with E-state index in [2.05, 4.69) is 48.8 Å². The number of hydrogen-bond donors (Lipinski definition) is 0. The molecule has 0 unspecified atom stereocenters. The molecule has 0 aliphatic carbocycles. The van der Waals surface area contributed by atoms with E-state index < -0.39 is 5.60 Å². The van der Waals surface area contributed by atoms with Crippen molar-refractivity contribution in [2.75, 3.05) is 6.54 Å². The van der Waals surface area contributed by atoms with Gasteiger partial charge in [0.15, 0.2) is 0 Å². The van der Waals surface area contributed by atoms with Crippen molar-refractivity contribution < 1.29 is 9.53 Å². The molecular formula is C26H35BrN2O2S. The zero-order chi connectivity index (χ0) is 23.9. The first kappa shape index (κ1) is 26.5. The number of ether oxygens (including phenoxy) is 1. The molecule has 2 aromatic rings. The first-order chi connectivity index (χ1) is 14.9. The predicted octanol–water partition coefficient (Wildman–Crippen LogP) is 8.07. The third-order valence-corrected chi connectivity index (χ3v) is 5.96. The van der Waals surface area contributed by atoms with Gasteiger partial charge in [0.05, 0.1) is 11.8 Å².